The minimum Gasteiger partial charge on any atom is -0.497 e. The SMILES string of the molecule is COc1cccc(N2CC[NH+](CC(=O)NCCSc3ccccc3)CC2)c1. The Morgan fingerprint density at radius 3 is 2.67 bits per heavy atom. The molecular formula is C21H28N3O2S+. The van der Waals surface area contributed by atoms with Gasteiger partial charge in [-0.1, -0.05) is 24.3 Å². The first-order chi connectivity index (χ1) is 13.2. The number of hydrogen-bond acceptors (Lipinski definition) is 4. The molecule has 0 spiro atoms. The molecule has 5 nitrogen and oxygen atoms in total. The molecule has 2 N–H and O–H groups in total. The first kappa shape index (κ1) is 19.6. The van der Waals surface area contributed by atoms with Crippen molar-refractivity contribution < 1.29 is 14.4 Å². The van der Waals surface area contributed by atoms with Crippen LogP contribution in [-0.2, 0) is 4.79 Å². The van der Waals surface area contributed by atoms with Crippen LogP contribution in [0.25, 0.3) is 0 Å². The van der Waals surface area contributed by atoms with E-state index < -0.39 is 0 Å². The molecule has 0 aromatic heterocycles. The van der Waals surface area contributed by atoms with Gasteiger partial charge < -0.3 is 19.9 Å². The molecule has 0 aliphatic carbocycles. The smallest absolute Gasteiger partial charge is 0.275 e. The van der Waals surface area contributed by atoms with Crippen molar-refractivity contribution in [3.63, 3.8) is 0 Å². The summed E-state index contributed by atoms with van der Waals surface area (Å²) in [5.41, 5.74) is 1.19. The molecule has 0 atom stereocenters. The lowest BCUT2D eigenvalue weighted by molar-refractivity contribution is -0.892. The van der Waals surface area contributed by atoms with Gasteiger partial charge in [0.2, 0.25) is 0 Å². The van der Waals surface area contributed by atoms with E-state index in [9.17, 15) is 4.79 Å². The zero-order valence-corrected chi connectivity index (χ0v) is 16.6. The van der Waals surface area contributed by atoms with E-state index in [-0.39, 0.29) is 5.91 Å². The second kappa shape index (κ2) is 10.2. The Morgan fingerprint density at radius 2 is 1.93 bits per heavy atom. The summed E-state index contributed by atoms with van der Waals surface area (Å²) in [6.07, 6.45) is 0. The highest BCUT2D eigenvalue weighted by molar-refractivity contribution is 7.99. The number of piperazine rings is 1. The van der Waals surface area contributed by atoms with Crippen LogP contribution in [0.2, 0.25) is 0 Å². The van der Waals surface area contributed by atoms with Crippen molar-refractivity contribution in [2.75, 3.05) is 57.0 Å². The van der Waals surface area contributed by atoms with Gasteiger partial charge in [0.25, 0.3) is 5.91 Å². The maximum atomic E-state index is 12.2. The van der Waals surface area contributed by atoms with Gasteiger partial charge in [-0.25, -0.2) is 0 Å². The van der Waals surface area contributed by atoms with Crippen LogP contribution in [0, 0.1) is 0 Å². The van der Waals surface area contributed by atoms with Gasteiger partial charge in [0.1, 0.15) is 5.75 Å². The lowest BCUT2D eigenvalue weighted by atomic mass is 10.2. The van der Waals surface area contributed by atoms with Gasteiger partial charge >= 0.3 is 0 Å². The van der Waals surface area contributed by atoms with Crippen LogP contribution in [0.3, 0.4) is 0 Å². The minimum atomic E-state index is 0.147. The number of benzene rings is 2. The molecule has 1 aliphatic rings. The molecule has 1 saturated heterocycles. The zero-order chi connectivity index (χ0) is 18.9. The Hall–Kier alpha value is -2.18. The largest absolute Gasteiger partial charge is 0.497 e. The average molecular weight is 387 g/mol. The Kier molecular flexibility index (Phi) is 7.42. The number of amides is 1. The van der Waals surface area contributed by atoms with Gasteiger partial charge in [-0.05, 0) is 24.3 Å². The lowest BCUT2D eigenvalue weighted by Gasteiger charge is -2.33. The number of carbonyl (C=O) groups excluding carboxylic acids is 1. The molecular weight excluding hydrogens is 358 g/mol. The van der Waals surface area contributed by atoms with E-state index in [2.05, 4.69) is 34.5 Å². The Morgan fingerprint density at radius 1 is 1.15 bits per heavy atom. The van der Waals surface area contributed by atoms with Crippen molar-refractivity contribution in [2.24, 2.45) is 0 Å². The first-order valence-electron chi connectivity index (χ1n) is 9.42. The van der Waals surface area contributed by atoms with Gasteiger partial charge in [-0.2, -0.15) is 0 Å². The van der Waals surface area contributed by atoms with Crippen molar-refractivity contribution in [3.05, 3.63) is 54.6 Å². The van der Waals surface area contributed by atoms with E-state index in [1.165, 1.54) is 15.5 Å². The monoisotopic (exact) mass is 386 g/mol. The zero-order valence-electron chi connectivity index (χ0n) is 15.8. The summed E-state index contributed by atoms with van der Waals surface area (Å²) in [7, 11) is 1.69. The fraction of sp³-hybridized carbons (Fsp3) is 0.381. The third-order valence-corrected chi connectivity index (χ3v) is 5.75. The van der Waals surface area contributed by atoms with Crippen molar-refractivity contribution in [1.29, 1.82) is 0 Å². The van der Waals surface area contributed by atoms with Crippen LogP contribution in [-0.4, -0.2) is 58.0 Å². The Labute approximate surface area is 165 Å². The Bertz CT molecular complexity index is 718. The van der Waals surface area contributed by atoms with Crippen molar-refractivity contribution in [1.82, 2.24) is 5.32 Å². The highest BCUT2D eigenvalue weighted by Crippen LogP contribution is 2.20. The van der Waals surface area contributed by atoms with Gasteiger partial charge in [0.15, 0.2) is 6.54 Å². The average Bonchev–Trinajstić information content (AvgIpc) is 2.72. The lowest BCUT2D eigenvalue weighted by Crippen LogP contribution is -3.16. The number of thioether (sulfide) groups is 1. The number of rotatable bonds is 8. The number of nitrogens with one attached hydrogen (secondary N) is 2. The third kappa shape index (κ3) is 6.19. The summed E-state index contributed by atoms with van der Waals surface area (Å²) < 4.78 is 5.31. The molecule has 1 heterocycles. The van der Waals surface area contributed by atoms with Gasteiger partial charge in [0, 0.05) is 28.9 Å². The summed E-state index contributed by atoms with van der Waals surface area (Å²) >= 11 is 1.77. The fourth-order valence-corrected chi connectivity index (χ4v) is 4.02. The van der Waals surface area contributed by atoms with E-state index in [1.807, 2.05) is 30.3 Å². The van der Waals surface area contributed by atoms with Crippen molar-refractivity contribution in [2.45, 2.75) is 4.90 Å². The number of ether oxygens (including phenoxy) is 1. The molecule has 1 fully saturated rings. The van der Waals surface area contributed by atoms with E-state index in [0.29, 0.717) is 13.1 Å². The van der Waals surface area contributed by atoms with Gasteiger partial charge in [-0.15, -0.1) is 11.8 Å². The Balaban J connectivity index is 1.34. The number of quaternary nitrogens is 1. The topological polar surface area (TPSA) is 46.0 Å². The highest BCUT2D eigenvalue weighted by atomic mass is 32.2. The van der Waals surface area contributed by atoms with Gasteiger partial charge in [0.05, 0.1) is 33.3 Å². The number of hydrogen-bond donors (Lipinski definition) is 2. The van der Waals surface area contributed by atoms with Crippen LogP contribution in [0.4, 0.5) is 5.69 Å². The van der Waals surface area contributed by atoms with Crippen LogP contribution in [0.15, 0.2) is 59.5 Å². The third-order valence-electron chi connectivity index (χ3n) is 4.74. The second-order valence-corrected chi connectivity index (χ2v) is 7.80. The first-order valence-corrected chi connectivity index (χ1v) is 10.4. The second-order valence-electron chi connectivity index (χ2n) is 6.63. The molecule has 2 aromatic rings. The molecule has 0 radical (unpaired) electrons. The summed E-state index contributed by atoms with van der Waals surface area (Å²) in [4.78, 5) is 17.1. The van der Waals surface area contributed by atoms with E-state index in [4.69, 9.17) is 4.74 Å². The molecule has 144 valence electrons. The van der Waals surface area contributed by atoms with E-state index in [1.54, 1.807) is 18.9 Å². The molecule has 1 aliphatic heterocycles. The van der Waals surface area contributed by atoms with Crippen molar-refractivity contribution >= 4 is 23.4 Å². The summed E-state index contributed by atoms with van der Waals surface area (Å²) in [6.45, 7) is 5.13. The summed E-state index contributed by atoms with van der Waals surface area (Å²) in [6, 6.07) is 18.5. The molecule has 0 saturated carbocycles. The van der Waals surface area contributed by atoms with E-state index in [0.717, 1.165) is 37.7 Å². The van der Waals surface area contributed by atoms with E-state index >= 15 is 0 Å². The molecule has 6 heteroatoms. The molecule has 2 aromatic carbocycles. The predicted molar refractivity (Wildman–Crippen MR) is 111 cm³/mol. The fourth-order valence-electron chi connectivity index (χ4n) is 3.23. The standard InChI is InChI=1S/C21H27N3O2S/c1-26-19-7-5-6-18(16-19)24-13-11-23(12-14-24)17-21(25)22-10-15-27-20-8-3-2-4-9-20/h2-9,16H,10-15,17H2,1H3,(H,22,25)/p+1. The number of methoxy groups -OCH3 is 1. The van der Waals surface area contributed by atoms with Gasteiger partial charge in [-0.3, -0.25) is 4.79 Å². The maximum absolute atomic E-state index is 12.2. The molecule has 1 amide bonds. The van der Waals surface area contributed by atoms with Crippen LogP contribution < -0.4 is 19.9 Å². The molecule has 3 rings (SSSR count). The number of anilines is 1. The maximum Gasteiger partial charge on any atom is 0.275 e. The quantitative estimate of drug-likeness (QED) is 0.531. The predicted octanol–water partition coefficient (Wildman–Crippen LogP) is 1.31. The number of nitrogens with zero attached hydrogens (tertiary/aromatic N) is 1. The number of carbonyl (C=O) groups is 1. The molecule has 27 heavy (non-hydrogen) atoms. The minimum absolute atomic E-state index is 0.147. The summed E-state index contributed by atoms with van der Waals surface area (Å²) in [5, 5.41) is 3.05. The molecule has 0 bridgehead atoms. The van der Waals surface area contributed by atoms with Crippen LogP contribution >= 0.6 is 11.8 Å². The van der Waals surface area contributed by atoms with Crippen LogP contribution in [0.5, 0.6) is 5.75 Å². The molecule has 0 unspecified atom stereocenters. The summed E-state index contributed by atoms with van der Waals surface area (Å²) in [5.74, 6) is 1.93. The van der Waals surface area contributed by atoms with Crippen LogP contribution in [0.1, 0.15) is 0 Å². The highest BCUT2D eigenvalue weighted by Gasteiger charge is 2.22. The van der Waals surface area contributed by atoms with Crippen molar-refractivity contribution in [3.8, 4) is 5.75 Å². The normalized spacial score (nSPS) is 14.8.